The summed E-state index contributed by atoms with van der Waals surface area (Å²) in [6.45, 7) is 3.55. The minimum Gasteiger partial charge on any atom is -0.497 e. The van der Waals surface area contributed by atoms with Crippen LogP contribution in [0.25, 0.3) is 0 Å². The maximum Gasteiger partial charge on any atom is 0.119 e. The van der Waals surface area contributed by atoms with Gasteiger partial charge in [0.1, 0.15) is 18.1 Å². The van der Waals surface area contributed by atoms with Gasteiger partial charge in [0.25, 0.3) is 0 Å². The van der Waals surface area contributed by atoms with Crippen molar-refractivity contribution in [3.8, 4) is 11.5 Å². The molecule has 0 saturated carbocycles. The molecule has 2 N–H and O–H groups in total. The van der Waals surface area contributed by atoms with Crippen LogP contribution in [0.3, 0.4) is 0 Å². The van der Waals surface area contributed by atoms with E-state index in [9.17, 15) is 0 Å². The third kappa shape index (κ3) is 7.03. The molecule has 4 heteroatoms. The van der Waals surface area contributed by atoms with Crippen LogP contribution in [0.2, 0.25) is 0 Å². The highest BCUT2D eigenvalue weighted by molar-refractivity contribution is 5.31. The highest BCUT2D eigenvalue weighted by Gasteiger charge is 1.99. The fraction of sp³-hybridized carbons (Fsp3) is 0.600. The van der Waals surface area contributed by atoms with Gasteiger partial charge in [0.05, 0.1) is 7.11 Å². The molecule has 0 aromatic heterocycles. The number of benzene rings is 1. The van der Waals surface area contributed by atoms with Crippen molar-refractivity contribution in [2.24, 2.45) is 5.73 Å². The summed E-state index contributed by atoms with van der Waals surface area (Å²) in [6, 6.07) is 7.68. The van der Waals surface area contributed by atoms with Crippen molar-refractivity contribution < 1.29 is 9.47 Å². The van der Waals surface area contributed by atoms with Gasteiger partial charge >= 0.3 is 0 Å². The number of nitrogens with two attached hydrogens (primary N) is 1. The van der Waals surface area contributed by atoms with Gasteiger partial charge in [0, 0.05) is 6.54 Å². The van der Waals surface area contributed by atoms with Gasteiger partial charge in [-0.3, -0.25) is 0 Å². The average molecular weight is 266 g/mol. The topological polar surface area (TPSA) is 47.7 Å². The van der Waals surface area contributed by atoms with Crippen LogP contribution in [-0.4, -0.2) is 45.3 Å². The van der Waals surface area contributed by atoms with E-state index in [2.05, 4.69) is 11.9 Å². The number of likely N-dealkylation sites (N-methyl/N-ethyl adjacent to an activating group) is 1. The number of methoxy groups -OCH3 is 1. The van der Waals surface area contributed by atoms with Crippen LogP contribution in [0, 0.1) is 0 Å². The van der Waals surface area contributed by atoms with E-state index in [0.717, 1.165) is 37.6 Å². The molecule has 1 rings (SSSR count). The molecule has 0 spiro atoms. The summed E-state index contributed by atoms with van der Waals surface area (Å²) in [7, 11) is 3.79. The fourth-order valence-corrected chi connectivity index (χ4v) is 1.81. The maximum atomic E-state index is 5.69. The summed E-state index contributed by atoms with van der Waals surface area (Å²) in [5.74, 6) is 1.74. The van der Waals surface area contributed by atoms with Crippen molar-refractivity contribution in [2.45, 2.75) is 19.3 Å². The van der Waals surface area contributed by atoms with Crippen LogP contribution in [-0.2, 0) is 0 Å². The van der Waals surface area contributed by atoms with Gasteiger partial charge in [-0.15, -0.1) is 0 Å². The van der Waals surface area contributed by atoms with Crippen LogP contribution in [0.1, 0.15) is 19.3 Å². The Morgan fingerprint density at radius 3 is 2.32 bits per heavy atom. The zero-order valence-electron chi connectivity index (χ0n) is 12.1. The Bertz CT molecular complexity index is 327. The normalized spacial score (nSPS) is 10.7. The lowest BCUT2D eigenvalue weighted by Crippen LogP contribution is -2.25. The van der Waals surface area contributed by atoms with E-state index in [0.29, 0.717) is 6.61 Å². The molecule has 1 aromatic carbocycles. The molecule has 108 valence electrons. The summed E-state index contributed by atoms with van der Waals surface area (Å²) in [5.41, 5.74) is 5.47. The van der Waals surface area contributed by atoms with E-state index < -0.39 is 0 Å². The van der Waals surface area contributed by atoms with E-state index in [-0.39, 0.29) is 0 Å². The molecule has 1 aromatic rings. The second-order valence-corrected chi connectivity index (χ2v) is 4.68. The van der Waals surface area contributed by atoms with Crippen molar-refractivity contribution in [1.82, 2.24) is 4.90 Å². The van der Waals surface area contributed by atoms with Crippen LogP contribution < -0.4 is 15.2 Å². The molecule has 0 atom stereocenters. The smallest absolute Gasteiger partial charge is 0.119 e. The predicted molar refractivity (Wildman–Crippen MR) is 78.9 cm³/mol. The van der Waals surface area contributed by atoms with Crippen molar-refractivity contribution >= 4 is 0 Å². The highest BCUT2D eigenvalue weighted by atomic mass is 16.5. The predicted octanol–water partition coefficient (Wildman–Crippen LogP) is 2.13. The van der Waals surface area contributed by atoms with Gasteiger partial charge in [-0.2, -0.15) is 0 Å². The molecule has 19 heavy (non-hydrogen) atoms. The van der Waals surface area contributed by atoms with Crippen LogP contribution in [0.15, 0.2) is 24.3 Å². The Hall–Kier alpha value is -1.26. The number of ether oxygens (including phenoxy) is 2. The van der Waals surface area contributed by atoms with E-state index >= 15 is 0 Å². The monoisotopic (exact) mass is 266 g/mol. The van der Waals surface area contributed by atoms with Crippen LogP contribution >= 0.6 is 0 Å². The van der Waals surface area contributed by atoms with E-state index in [1.165, 1.54) is 12.8 Å². The molecular formula is C15H26N2O2. The molecule has 0 aliphatic rings. The van der Waals surface area contributed by atoms with Crippen molar-refractivity contribution in [1.29, 1.82) is 0 Å². The zero-order chi connectivity index (χ0) is 13.9. The molecule has 0 fully saturated rings. The van der Waals surface area contributed by atoms with E-state index in [1.807, 2.05) is 24.3 Å². The van der Waals surface area contributed by atoms with Gasteiger partial charge in [-0.25, -0.2) is 0 Å². The van der Waals surface area contributed by atoms with Gasteiger partial charge < -0.3 is 20.1 Å². The minimum absolute atomic E-state index is 0.708. The van der Waals surface area contributed by atoms with Gasteiger partial charge in [-0.1, -0.05) is 6.42 Å². The van der Waals surface area contributed by atoms with Gasteiger partial charge in [0.2, 0.25) is 0 Å². The number of rotatable bonds is 10. The second-order valence-electron chi connectivity index (χ2n) is 4.68. The lowest BCUT2D eigenvalue weighted by Gasteiger charge is -2.16. The van der Waals surface area contributed by atoms with Crippen molar-refractivity contribution in [3.05, 3.63) is 24.3 Å². The lowest BCUT2D eigenvalue weighted by atomic mass is 10.2. The first-order valence-corrected chi connectivity index (χ1v) is 6.91. The molecule has 0 saturated heterocycles. The van der Waals surface area contributed by atoms with E-state index in [1.54, 1.807) is 7.11 Å². The van der Waals surface area contributed by atoms with Gasteiger partial charge in [0.15, 0.2) is 0 Å². The first-order valence-electron chi connectivity index (χ1n) is 6.91. The third-order valence-electron chi connectivity index (χ3n) is 3.05. The molecule has 0 aliphatic carbocycles. The zero-order valence-corrected chi connectivity index (χ0v) is 12.1. The number of hydrogen-bond donors (Lipinski definition) is 1. The summed E-state index contributed by atoms with van der Waals surface area (Å²) in [5, 5.41) is 0. The molecule has 0 radical (unpaired) electrons. The summed E-state index contributed by atoms with van der Waals surface area (Å²) in [6.07, 6.45) is 3.53. The van der Waals surface area contributed by atoms with E-state index in [4.69, 9.17) is 15.2 Å². The standard InChI is InChI=1S/C15H26N2O2/c1-17(11-5-3-4-10-16)12-13-19-15-8-6-14(18-2)7-9-15/h6-9H,3-5,10-13,16H2,1-2H3. The van der Waals surface area contributed by atoms with Crippen molar-refractivity contribution in [3.63, 3.8) is 0 Å². The molecule has 0 unspecified atom stereocenters. The summed E-state index contributed by atoms with van der Waals surface area (Å²) in [4.78, 5) is 2.29. The number of hydrogen-bond acceptors (Lipinski definition) is 4. The molecular weight excluding hydrogens is 240 g/mol. The highest BCUT2D eigenvalue weighted by Crippen LogP contribution is 2.16. The maximum absolute atomic E-state index is 5.69. The Morgan fingerprint density at radius 2 is 1.68 bits per heavy atom. The lowest BCUT2D eigenvalue weighted by molar-refractivity contribution is 0.234. The Morgan fingerprint density at radius 1 is 1.00 bits per heavy atom. The fourth-order valence-electron chi connectivity index (χ4n) is 1.81. The van der Waals surface area contributed by atoms with Crippen LogP contribution in [0.4, 0.5) is 0 Å². The van der Waals surface area contributed by atoms with Gasteiger partial charge in [-0.05, 0) is 57.2 Å². The minimum atomic E-state index is 0.708. The first-order chi connectivity index (χ1) is 9.26. The Labute approximate surface area is 116 Å². The first kappa shape index (κ1) is 15.8. The Kier molecular flexibility index (Phi) is 8.02. The molecule has 0 amide bonds. The summed E-state index contributed by atoms with van der Waals surface area (Å²) >= 11 is 0. The molecule has 4 nitrogen and oxygen atoms in total. The molecule has 0 aliphatic heterocycles. The number of nitrogens with zero attached hydrogens (tertiary/aromatic N) is 1. The second kappa shape index (κ2) is 9.64. The SMILES string of the molecule is COc1ccc(OCCN(C)CCCCCN)cc1. The van der Waals surface area contributed by atoms with Crippen molar-refractivity contribution in [2.75, 3.05) is 40.4 Å². The quantitative estimate of drug-likeness (QED) is 0.659. The average Bonchev–Trinajstić information content (AvgIpc) is 2.44. The largest absolute Gasteiger partial charge is 0.497 e. The summed E-state index contributed by atoms with van der Waals surface area (Å²) < 4.78 is 10.8. The Balaban J connectivity index is 2.11. The van der Waals surface area contributed by atoms with Crippen LogP contribution in [0.5, 0.6) is 11.5 Å². The molecule has 0 heterocycles. The molecule has 0 bridgehead atoms. The number of unbranched alkanes of at least 4 members (excludes halogenated alkanes) is 2. The third-order valence-corrected chi connectivity index (χ3v) is 3.05.